The van der Waals surface area contributed by atoms with Gasteiger partial charge in [0.1, 0.15) is 18.1 Å². The summed E-state index contributed by atoms with van der Waals surface area (Å²) in [5.41, 5.74) is 4.66. The van der Waals surface area contributed by atoms with Crippen molar-refractivity contribution in [2.45, 2.75) is 19.2 Å². The second-order valence-corrected chi connectivity index (χ2v) is 7.01. The summed E-state index contributed by atoms with van der Waals surface area (Å²) >= 11 is 0. The Hall–Kier alpha value is -4.01. The zero-order chi connectivity index (χ0) is 23.7. The highest BCUT2D eigenvalue weighted by Crippen LogP contribution is 2.29. The van der Waals surface area contributed by atoms with Crippen LogP contribution in [0.4, 0.5) is 13.2 Å². The van der Waals surface area contributed by atoms with Crippen LogP contribution in [0.3, 0.4) is 0 Å². The van der Waals surface area contributed by atoms with Crippen molar-refractivity contribution in [2.75, 3.05) is 6.61 Å². The fourth-order valence-electron chi connectivity index (χ4n) is 2.78. The third-order valence-electron chi connectivity index (χ3n) is 4.40. The Bertz CT molecular complexity index is 1070. The van der Waals surface area contributed by atoms with Gasteiger partial charge >= 0.3 is 6.18 Å². The maximum absolute atomic E-state index is 12.7. The van der Waals surface area contributed by atoms with Gasteiger partial charge in [0.25, 0.3) is 5.91 Å². The fraction of sp³-hybridized carbons (Fsp3) is 0.167. The van der Waals surface area contributed by atoms with Crippen LogP contribution in [0, 0.1) is 0 Å². The first-order valence-corrected chi connectivity index (χ1v) is 9.93. The topological polar surface area (TPSA) is 76.7 Å². The molecule has 0 aromatic heterocycles. The Balaban J connectivity index is 1.38. The van der Waals surface area contributed by atoms with Gasteiger partial charge in [0.15, 0.2) is 6.61 Å². The van der Waals surface area contributed by atoms with Crippen LogP contribution in [-0.4, -0.2) is 18.4 Å². The summed E-state index contributed by atoms with van der Waals surface area (Å²) in [5.74, 6) is -0.232. The standard InChI is InChI=1S/C24H21F3N2O4/c25-24(26,27)19-8-4-7-18(13-19)14-22(30)28-29-23(31)16-33-21-11-9-20(10-12-21)32-15-17-5-2-1-3-6-17/h1-13H,14-16H2,(H,28,30)(H,29,31). The molecule has 3 aromatic rings. The normalized spacial score (nSPS) is 10.9. The summed E-state index contributed by atoms with van der Waals surface area (Å²) in [4.78, 5) is 23.8. The number of carbonyl (C=O) groups is 2. The van der Waals surface area contributed by atoms with E-state index in [1.807, 2.05) is 30.3 Å². The van der Waals surface area contributed by atoms with Crippen LogP contribution in [0.1, 0.15) is 16.7 Å². The number of benzene rings is 3. The average Bonchev–Trinajstić information content (AvgIpc) is 2.81. The number of carbonyl (C=O) groups excluding carboxylic acids is 2. The minimum absolute atomic E-state index is 0.169. The van der Waals surface area contributed by atoms with Crippen LogP contribution in [-0.2, 0) is 28.8 Å². The molecule has 2 amide bonds. The highest BCUT2D eigenvalue weighted by atomic mass is 19.4. The number of hydrazine groups is 1. The zero-order valence-corrected chi connectivity index (χ0v) is 17.4. The van der Waals surface area contributed by atoms with Crippen molar-refractivity contribution < 1.29 is 32.2 Å². The highest BCUT2D eigenvalue weighted by molar-refractivity contribution is 5.83. The van der Waals surface area contributed by atoms with Gasteiger partial charge in [-0.2, -0.15) is 13.2 Å². The molecular weight excluding hydrogens is 437 g/mol. The summed E-state index contributed by atoms with van der Waals surface area (Å²) in [6, 6.07) is 20.8. The Morgan fingerprint density at radius 3 is 2.00 bits per heavy atom. The minimum Gasteiger partial charge on any atom is -0.489 e. The number of rotatable bonds is 8. The van der Waals surface area contributed by atoms with E-state index < -0.39 is 23.6 Å². The second kappa shape index (κ2) is 11.0. The molecule has 6 nitrogen and oxygen atoms in total. The highest BCUT2D eigenvalue weighted by Gasteiger charge is 2.30. The summed E-state index contributed by atoms with van der Waals surface area (Å²) in [6.07, 6.45) is -4.82. The molecule has 0 heterocycles. The van der Waals surface area contributed by atoms with Gasteiger partial charge in [0.05, 0.1) is 12.0 Å². The Labute approximate surface area is 188 Å². The third kappa shape index (κ3) is 7.88. The van der Waals surface area contributed by atoms with Crippen molar-refractivity contribution in [2.24, 2.45) is 0 Å². The lowest BCUT2D eigenvalue weighted by Crippen LogP contribution is -2.44. The zero-order valence-electron chi connectivity index (χ0n) is 17.4. The molecule has 0 unspecified atom stereocenters. The van der Waals surface area contributed by atoms with E-state index in [1.54, 1.807) is 24.3 Å². The molecule has 0 fully saturated rings. The monoisotopic (exact) mass is 458 g/mol. The minimum atomic E-state index is -4.50. The quantitative estimate of drug-likeness (QED) is 0.500. The number of halogens is 3. The smallest absolute Gasteiger partial charge is 0.416 e. The largest absolute Gasteiger partial charge is 0.489 e. The van der Waals surface area contributed by atoms with E-state index in [0.29, 0.717) is 18.1 Å². The van der Waals surface area contributed by atoms with Crippen molar-refractivity contribution in [3.05, 3.63) is 95.6 Å². The number of amides is 2. The van der Waals surface area contributed by atoms with E-state index in [9.17, 15) is 22.8 Å². The summed E-state index contributed by atoms with van der Waals surface area (Å²) < 4.78 is 49.2. The van der Waals surface area contributed by atoms with Crippen molar-refractivity contribution in [1.29, 1.82) is 0 Å². The second-order valence-electron chi connectivity index (χ2n) is 7.01. The molecule has 3 rings (SSSR count). The Kier molecular flexibility index (Phi) is 7.91. The molecule has 0 saturated carbocycles. The van der Waals surface area contributed by atoms with Crippen molar-refractivity contribution in [1.82, 2.24) is 10.9 Å². The van der Waals surface area contributed by atoms with E-state index in [2.05, 4.69) is 10.9 Å². The van der Waals surface area contributed by atoms with Crippen molar-refractivity contribution >= 4 is 11.8 Å². The SMILES string of the molecule is O=C(COc1ccc(OCc2ccccc2)cc1)NNC(=O)Cc1cccc(C(F)(F)F)c1. The van der Waals surface area contributed by atoms with Gasteiger partial charge in [-0.1, -0.05) is 48.5 Å². The van der Waals surface area contributed by atoms with E-state index in [0.717, 1.165) is 17.7 Å². The molecule has 0 aliphatic rings. The Morgan fingerprint density at radius 2 is 1.33 bits per heavy atom. The van der Waals surface area contributed by atoms with E-state index in [-0.39, 0.29) is 18.6 Å². The van der Waals surface area contributed by atoms with Crippen molar-refractivity contribution in [3.8, 4) is 11.5 Å². The molecule has 9 heteroatoms. The van der Waals surface area contributed by atoms with Crippen LogP contribution in [0.15, 0.2) is 78.9 Å². The molecule has 0 saturated heterocycles. The molecule has 2 N–H and O–H groups in total. The first-order valence-electron chi connectivity index (χ1n) is 9.93. The van der Waals surface area contributed by atoms with Crippen LogP contribution in [0.2, 0.25) is 0 Å². The Morgan fingerprint density at radius 1 is 0.727 bits per heavy atom. The molecular formula is C24H21F3N2O4. The van der Waals surface area contributed by atoms with Gasteiger partial charge < -0.3 is 9.47 Å². The molecule has 172 valence electrons. The van der Waals surface area contributed by atoms with Gasteiger partial charge in [-0.05, 0) is 41.5 Å². The predicted molar refractivity (Wildman–Crippen MR) is 114 cm³/mol. The number of alkyl halides is 3. The van der Waals surface area contributed by atoms with Crippen LogP contribution < -0.4 is 20.3 Å². The van der Waals surface area contributed by atoms with Crippen LogP contribution in [0.25, 0.3) is 0 Å². The lowest BCUT2D eigenvalue weighted by molar-refractivity contribution is -0.137. The lowest BCUT2D eigenvalue weighted by atomic mass is 10.1. The maximum atomic E-state index is 12.7. The summed E-state index contributed by atoms with van der Waals surface area (Å²) in [5, 5.41) is 0. The lowest BCUT2D eigenvalue weighted by Gasteiger charge is -2.11. The molecule has 0 spiro atoms. The number of ether oxygens (including phenoxy) is 2. The average molecular weight is 458 g/mol. The molecule has 0 atom stereocenters. The maximum Gasteiger partial charge on any atom is 0.416 e. The number of hydrogen-bond acceptors (Lipinski definition) is 4. The molecule has 3 aromatic carbocycles. The van der Waals surface area contributed by atoms with Gasteiger partial charge in [0.2, 0.25) is 5.91 Å². The van der Waals surface area contributed by atoms with Gasteiger partial charge in [-0.15, -0.1) is 0 Å². The summed E-state index contributed by atoms with van der Waals surface area (Å²) in [6.45, 7) is 0.0533. The van der Waals surface area contributed by atoms with Gasteiger partial charge in [0, 0.05) is 0 Å². The van der Waals surface area contributed by atoms with Crippen LogP contribution >= 0.6 is 0 Å². The van der Waals surface area contributed by atoms with Crippen molar-refractivity contribution in [3.63, 3.8) is 0 Å². The number of hydrogen-bond donors (Lipinski definition) is 2. The van der Waals surface area contributed by atoms with E-state index >= 15 is 0 Å². The molecule has 0 aliphatic heterocycles. The van der Waals surface area contributed by atoms with Crippen LogP contribution in [0.5, 0.6) is 11.5 Å². The van der Waals surface area contributed by atoms with Gasteiger partial charge in [-0.25, -0.2) is 0 Å². The molecule has 0 bridgehead atoms. The van der Waals surface area contributed by atoms with E-state index in [4.69, 9.17) is 9.47 Å². The number of nitrogens with one attached hydrogen (secondary N) is 2. The first kappa shape index (κ1) is 23.6. The summed E-state index contributed by atoms with van der Waals surface area (Å²) in [7, 11) is 0. The molecule has 33 heavy (non-hydrogen) atoms. The predicted octanol–water partition coefficient (Wildman–Crippen LogP) is 4.05. The fourth-order valence-corrected chi connectivity index (χ4v) is 2.78. The first-order chi connectivity index (χ1) is 15.8. The molecule has 0 aliphatic carbocycles. The third-order valence-corrected chi connectivity index (χ3v) is 4.40. The van der Waals surface area contributed by atoms with E-state index in [1.165, 1.54) is 12.1 Å². The van der Waals surface area contributed by atoms with Gasteiger partial charge in [-0.3, -0.25) is 20.4 Å². The molecule has 0 radical (unpaired) electrons.